The van der Waals surface area contributed by atoms with Crippen molar-refractivity contribution < 1.29 is 24.2 Å². The number of pyridine rings is 1. The number of rotatable bonds is 8. The maximum absolute atomic E-state index is 12.2. The zero-order chi connectivity index (χ0) is 22.4. The number of hydrogen-bond donors (Lipinski definition) is 3. The first kappa shape index (κ1) is 21.7. The summed E-state index contributed by atoms with van der Waals surface area (Å²) in [4.78, 5) is 39.2. The van der Waals surface area contributed by atoms with Crippen LogP contribution in [0.3, 0.4) is 0 Å². The molecule has 0 spiro atoms. The fourth-order valence-electron chi connectivity index (χ4n) is 3.09. The number of aliphatic carboxylic acids is 1. The van der Waals surface area contributed by atoms with Crippen LogP contribution in [0.2, 0.25) is 0 Å². The van der Waals surface area contributed by atoms with Gasteiger partial charge in [0.1, 0.15) is 12.2 Å². The first-order valence-electron chi connectivity index (χ1n) is 9.38. The van der Waals surface area contributed by atoms with E-state index in [0.29, 0.717) is 18.0 Å². The Kier molecular flexibility index (Phi) is 6.74. The lowest BCUT2D eigenvalue weighted by Gasteiger charge is -2.14. The van der Waals surface area contributed by atoms with E-state index in [1.54, 1.807) is 19.2 Å². The molecule has 1 aromatic heterocycles. The molecule has 0 aliphatic rings. The topological polar surface area (TPSA) is 118 Å². The van der Waals surface area contributed by atoms with Crippen LogP contribution in [0.1, 0.15) is 16.1 Å². The van der Waals surface area contributed by atoms with Crippen LogP contribution in [0.25, 0.3) is 22.0 Å². The Morgan fingerprint density at radius 2 is 1.94 bits per heavy atom. The van der Waals surface area contributed by atoms with E-state index in [2.05, 4.69) is 22.2 Å². The molecule has 2 amide bonds. The average molecular weight is 419 g/mol. The summed E-state index contributed by atoms with van der Waals surface area (Å²) in [6, 6.07) is 14.4. The van der Waals surface area contributed by atoms with Gasteiger partial charge in [-0.05, 0) is 29.7 Å². The summed E-state index contributed by atoms with van der Waals surface area (Å²) in [6.45, 7) is 3.32. The number of aromatic nitrogens is 1. The third kappa shape index (κ3) is 5.12. The Labute approximate surface area is 178 Å². The van der Waals surface area contributed by atoms with Crippen LogP contribution < -0.4 is 10.6 Å². The molecule has 0 saturated carbocycles. The summed E-state index contributed by atoms with van der Waals surface area (Å²) in [6.07, 6.45) is 1.19. The minimum atomic E-state index is -1.14. The average Bonchev–Trinajstić information content (AvgIpc) is 2.78. The number of hydrogen-bond acceptors (Lipinski definition) is 5. The molecule has 0 saturated heterocycles. The van der Waals surface area contributed by atoms with E-state index in [1.165, 1.54) is 12.1 Å². The second-order valence-corrected chi connectivity index (χ2v) is 6.65. The van der Waals surface area contributed by atoms with Crippen LogP contribution in [0.15, 0.2) is 61.2 Å². The molecule has 3 rings (SSSR count). The first-order valence-corrected chi connectivity index (χ1v) is 9.38. The molecule has 8 nitrogen and oxygen atoms in total. The lowest BCUT2D eigenvalue weighted by molar-refractivity contribution is -0.135. The first-order chi connectivity index (χ1) is 14.9. The van der Waals surface area contributed by atoms with Crippen molar-refractivity contribution in [2.45, 2.75) is 6.61 Å². The molecule has 0 bridgehead atoms. The number of nitrogens with one attached hydrogen (secondary N) is 2. The Morgan fingerprint density at radius 3 is 2.65 bits per heavy atom. The van der Waals surface area contributed by atoms with Gasteiger partial charge in [0.05, 0.1) is 18.0 Å². The van der Waals surface area contributed by atoms with E-state index in [9.17, 15) is 14.4 Å². The van der Waals surface area contributed by atoms with Crippen molar-refractivity contribution >= 4 is 34.2 Å². The highest BCUT2D eigenvalue weighted by Crippen LogP contribution is 2.32. The van der Waals surface area contributed by atoms with Gasteiger partial charge in [0.25, 0.3) is 5.91 Å². The van der Waals surface area contributed by atoms with Crippen LogP contribution in [-0.4, -0.2) is 41.5 Å². The van der Waals surface area contributed by atoms with Crippen molar-refractivity contribution in [2.75, 3.05) is 19.0 Å². The summed E-state index contributed by atoms with van der Waals surface area (Å²) in [5, 5.41) is 15.6. The van der Waals surface area contributed by atoms with Gasteiger partial charge >= 0.3 is 5.97 Å². The predicted molar refractivity (Wildman–Crippen MR) is 117 cm³/mol. The lowest BCUT2D eigenvalue weighted by Crippen LogP contribution is -2.29. The number of carboxylic acids is 1. The largest absolute Gasteiger partial charge is 0.480 e. The number of methoxy groups -OCH3 is 1. The Hall–Kier alpha value is -4.04. The van der Waals surface area contributed by atoms with Crippen molar-refractivity contribution in [3.05, 3.63) is 72.4 Å². The molecule has 0 unspecified atom stereocenters. The number of ether oxygens (including phenoxy) is 1. The van der Waals surface area contributed by atoms with Crippen LogP contribution in [0, 0.1) is 0 Å². The quantitative estimate of drug-likeness (QED) is 0.483. The van der Waals surface area contributed by atoms with Crippen molar-refractivity contribution in [1.82, 2.24) is 10.3 Å². The molecule has 8 heteroatoms. The Balaban J connectivity index is 2.05. The van der Waals surface area contributed by atoms with E-state index in [0.717, 1.165) is 21.9 Å². The van der Waals surface area contributed by atoms with Crippen LogP contribution in [0.5, 0.6) is 0 Å². The van der Waals surface area contributed by atoms with E-state index in [-0.39, 0.29) is 11.6 Å². The van der Waals surface area contributed by atoms with Crippen molar-refractivity contribution in [3.8, 4) is 11.3 Å². The highest BCUT2D eigenvalue weighted by Gasteiger charge is 2.13. The number of amides is 2. The molecule has 0 aliphatic heterocycles. The number of carboxylic acid groups (broad SMARTS) is 1. The molecular weight excluding hydrogens is 398 g/mol. The summed E-state index contributed by atoms with van der Waals surface area (Å²) in [5.74, 6) is -2.06. The van der Waals surface area contributed by atoms with Gasteiger partial charge in [-0.2, -0.15) is 0 Å². The number of nitrogens with zero attached hydrogens (tertiary/aromatic N) is 1. The summed E-state index contributed by atoms with van der Waals surface area (Å²) >= 11 is 0. The van der Waals surface area contributed by atoms with E-state index in [4.69, 9.17) is 9.84 Å². The Morgan fingerprint density at radius 1 is 1.16 bits per heavy atom. The maximum atomic E-state index is 12.2. The number of anilines is 1. The van der Waals surface area contributed by atoms with Gasteiger partial charge in [0.2, 0.25) is 5.91 Å². The highest BCUT2D eigenvalue weighted by molar-refractivity contribution is 6.07. The molecule has 1 heterocycles. The molecule has 158 valence electrons. The van der Waals surface area contributed by atoms with Gasteiger partial charge < -0.3 is 20.5 Å². The van der Waals surface area contributed by atoms with Gasteiger partial charge in [-0.3, -0.25) is 14.4 Å². The minimum Gasteiger partial charge on any atom is -0.480 e. The molecule has 3 N–H and O–H groups in total. The summed E-state index contributed by atoms with van der Waals surface area (Å²) in [5.41, 5.74) is 2.78. The molecular formula is C23H21N3O5. The lowest BCUT2D eigenvalue weighted by atomic mass is 10.00. The summed E-state index contributed by atoms with van der Waals surface area (Å²) in [7, 11) is 1.57. The van der Waals surface area contributed by atoms with Crippen molar-refractivity contribution in [2.24, 2.45) is 0 Å². The Bertz CT molecular complexity index is 1170. The molecule has 0 atom stereocenters. The second-order valence-electron chi connectivity index (χ2n) is 6.65. The minimum absolute atomic E-state index is 0.104. The standard InChI is InChI=1S/C23H21N3O5/c1-3-20(27)26-22-16(13-31-2)10-8-14-7-9-15(11-17(14)22)18-5-4-6-19(25-18)23(30)24-12-21(28)29/h3-11H,1,12-13H2,2H3,(H,24,30)(H,26,27)(H,28,29). The maximum Gasteiger partial charge on any atom is 0.322 e. The normalized spacial score (nSPS) is 10.5. The number of carbonyl (C=O) groups excluding carboxylic acids is 2. The van der Waals surface area contributed by atoms with Gasteiger partial charge in [-0.25, -0.2) is 4.98 Å². The molecule has 0 radical (unpaired) electrons. The molecule has 3 aromatic rings. The summed E-state index contributed by atoms with van der Waals surface area (Å²) < 4.78 is 5.25. The van der Waals surface area contributed by atoms with E-state index >= 15 is 0 Å². The molecule has 31 heavy (non-hydrogen) atoms. The highest BCUT2D eigenvalue weighted by atomic mass is 16.5. The fraction of sp³-hybridized carbons (Fsp3) is 0.130. The third-order valence-corrected chi connectivity index (χ3v) is 4.52. The van der Waals surface area contributed by atoms with Crippen molar-refractivity contribution in [3.63, 3.8) is 0 Å². The van der Waals surface area contributed by atoms with Gasteiger partial charge in [-0.15, -0.1) is 0 Å². The molecule has 0 aliphatic carbocycles. The zero-order valence-electron chi connectivity index (χ0n) is 16.8. The predicted octanol–water partition coefficient (Wildman–Crippen LogP) is 2.99. The third-order valence-electron chi connectivity index (χ3n) is 4.52. The monoisotopic (exact) mass is 419 g/mol. The smallest absolute Gasteiger partial charge is 0.322 e. The molecule has 0 fully saturated rings. The number of benzene rings is 2. The zero-order valence-corrected chi connectivity index (χ0v) is 16.8. The van der Waals surface area contributed by atoms with Crippen molar-refractivity contribution in [1.29, 1.82) is 0 Å². The van der Waals surface area contributed by atoms with Crippen LogP contribution in [0.4, 0.5) is 5.69 Å². The molecule has 2 aromatic carbocycles. The number of fused-ring (bicyclic) bond motifs is 1. The second kappa shape index (κ2) is 9.64. The van der Waals surface area contributed by atoms with Crippen LogP contribution in [-0.2, 0) is 20.9 Å². The van der Waals surface area contributed by atoms with Gasteiger partial charge in [-0.1, -0.05) is 36.9 Å². The SMILES string of the molecule is C=CC(=O)Nc1c(COC)ccc2ccc(-c3cccc(C(=O)NCC(=O)O)n3)cc12. The number of carbonyl (C=O) groups is 3. The van der Waals surface area contributed by atoms with Crippen LogP contribution >= 0.6 is 0 Å². The van der Waals surface area contributed by atoms with Gasteiger partial charge in [0.15, 0.2) is 0 Å². The van der Waals surface area contributed by atoms with E-state index < -0.39 is 18.4 Å². The fourth-order valence-corrected chi connectivity index (χ4v) is 3.09. The van der Waals surface area contributed by atoms with E-state index in [1.807, 2.05) is 30.3 Å². The van der Waals surface area contributed by atoms with Gasteiger partial charge in [0, 0.05) is 23.6 Å².